The average Bonchev–Trinajstić information content (AvgIpc) is 3.64. The number of ether oxygens (including phenoxy) is 1. The second-order valence-electron chi connectivity index (χ2n) is 11.0. The van der Waals surface area contributed by atoms with Crippen LogP contribution in [0.1, 0.15) is 54.2 Å². The van der Waals surface area contributed by atoms with E-state index in [0.29, 0.717) is 36.9 Å². The second-order valence-corrected chi connectivity index (χ2v) is 11.0. The molecule has 0 spiro atoms. The number of para-hydroxylation sites is 1. The SMILES string of the molecule is CC1(C2CCC(C(=O)NCCNC(=O)c3cn(-c4ccccc4)nc3C(F)(F)F)CC2)NC(C(=O)O)=C(c2ccccc2)O1. The van der Waals surface area contributed by atoms with Crippen molar-refractivity contribution in [2.45, 2.75) is 44.5 Å². The fourth-order valence-corrected chi connectivity index (χ4v) is 5.69. The minimum absolute atomic E-state index is 0.00428. The number of nitrogens with zero attached hydrogens (tertiary/aromatic N) is 2. The number of nitrogens with one attached hydrogen (secondary N) is 3. The maximum absolute atomic E-state index is 13.6. The summed E-state index contributed by atoms with van der Waals surface area (Å²) in [7, 11) is 0. The summed E-state index contributed by atoms with van der Waals surface area (Å²) in [5.41, 5.74) is -1.84. The van der Waals surface area contributed by atoms with Gasteiger partial charge in [0.2, 0.25) is 5.91 Å². The minimum Gasteiger partial charge on any atom is -0.476 e. The van der Waals surface area contributed by atoms with Crippen molar-refractivity contribution in [2.24, 2.45) is 11.8 Å². The van der Waals surface area contributed by atoms with Crippen molar-refractivity contribution in [1.29, 1.82) is 0 Å². The van der Waals surface area contributed by atoms with Crippen molar-refractivity contribution in [1.82, 2.24) is 25.7 Å². The third-order valence-corrected chi connectivity index (χ3v) is 8.00. The van der Waals surface area contributed by atoms with Crippen LogP contribution in [0.3, 0.4) is 0 Å². The molecule has 10 nitrogen and oxygen atoms in total. The van der Waals surface area contributed by atoms with Gasteiger partial charge in [0.1, 0.15) is 0 Å². The average molecular weight is 612 g/mol. The van der Waals surface area contributed by atoms with E-state index in [4.69, 9.17) is 4.74 Å². The zero-order valence-electron chi connectivity index (χ0n) is 23.9. The Morgan fingerprint density at radius 3 is 2.23 bits per heavy atom. The van der Waals surface area contributed by atoms with Crippen molar-refractivity contribution in [3.63, 3.8) is 0 Å². The molecule has 2 heterocycles. The number of benzene rings is 2. The van der Waals surface area contributed by atoms with Crippen LogP contribution < -0.4 is 16.0 Å². The van der Waals surface area contributed by atoms with Gasteiger partial charge in [-0.1, -0.05) is 48.5 Å². The molecule has 2 aromatic carbocycles. The molecule has 1 aliphatic heterocycles. The van der Waals surface area contributed by atoms with Gasteiger partial charge >= 0.3 is 12.1 Å². The maximum Gasteiger partial charge on any atom is 0.435 e. The van der Waals surface area contributed by atoms with Crippen LogP contribution in [0.2, 0.25) is 0 Å². The predicted molar refractivity (Wildman–Crippen MR) is 153 cm³/mol. The van der Waals surface area contributed by atoms with Crippen LogP contribution in [-0.4, -0.2) is 51.5 Å². The lowest BCUT2D eigenvalue weighted by molar-refractivity contribution is -0.141. The molecule has 44 heavy (non-hydrogen) atoms. The molecule has 5 rings (SSSR count). The normalized spacial score (nSPS) is 21.7. The lowest BCUT2D eigenvalue weighted by Gasteiger charge is -2.38. The zero-order chi connectivity index (χ0) is 31.5. The largest absolute Gasteiger partial charge is 0.476 e. The molecule has 1 atom stereocenters. The molecule has 1 aromatic heterocycles. The molecule has 1 unspecified atom stereocenters. The minimum atomic E-state index is -4.83. The van der Waals surface area contributed by atoms with E-state index >= 15 is 0 Å². The summed E-state index contributed by atoms with van der Waals surface area (Å²) in [6, 6.07) is 17.1. The first-order chi connectivity index (χ1) is 21.0. The van der Waals surface area contributed by atoms with Gasteiger partial charge in [0.25, 0.3) is 5.91 Å². The van der Waals surface area contributed by atoms with Crippen molar-refractivity contribution in [2.75, 3.05) is 13.1 Å². The van der Waals surface area contributed by atoms with Gasteiger partial charge in [-0.2, -0.15) is 18.3 Å². The number of carbonyl (C=O) groups excluding carboxylic acids is 2. The predicted octanol–water partition coefficient (Wildman–Crippen LogP) is 4.33. The van der Waals surface area contributed by atoms with Crippen molar-refractivity contribution in [3.05, 3.63) is 89.4 Å². The molecular weight excluding hydrogens is 579 g/mol. The Hall–Kier alpha value is -4.81. The molecule has 4 N–H and O–H groups in total. The van der Waals surface area contributed by atoms with Gasteiger partial charge < -0.3 is 25.8 Å². The number of aromatic nitrogens is 2. The monoisotopic (exact) mass is 611 g/mol. The standard InChI is InChI=1S/C31H32F3N5O5/c1-30(37-24(29(42)43)25(44-30)19-8-4-2-5-9-19)21-14-12-20(13-15-21)27(40)35-16-17-36-28(41)23-18-39(22-10-6-3-7-11-22)38-26(23)31(32,33)34/h2-11,18,20-21,37H,12-17H2,1H3,(H,35,40)(H,36,41)(H,42,43). The van der Waals surface area contributed by atoms with Crippen LogP contribution in [0.4, 0.5) is 13.2 Å². The van der Waals surface area contributed by atoms with Gasteiger partial charge in [-0.25, -0.2) is 9.48 Å². The van der Waals surface area contributed by atoms with E-state index in [-0.39, 0.29) is 42.3 Å². The summed E-state index contributed by atoms with van der Waals surface area (Å²) in [6.07, 6.45) is -1.49. The Balaban J connectivity index is 1.11. The first-order valence-electron chi connectivity index (χ1n) is 14.2. The molecule has 3 aromatic rings. The molecule has 232 valence electrons. The number of amides is 2. The third-order valence-electron chi connectivity index (χ3n) is 8.00. The molecule has 2 aliphatic rings. The van der Waals surface area contributed by atoms with Gasteiger partial charge in [0.05, 0.1) is 11.3 Å². The van der Waals surface area contributed by atoms with Gasteiger partial charge in [-0.15, -0.1) is 0 Å². The lowest BCUT2D eigenvalue weighted by Crippen LogP contribution is -2.49. The highest BCUT2D eigenvalue weighted by Crippen LogP contribution is 2.42. The highest BCUT2D eigenvalue weighted by molar-refractivity contribution is 5.96. The van der Waals surface area contributed by atoms with Crippen molar-refractivity contribution in [3.8, 4) is 5.69 Å². The molecule has 0 radical (unpaired) electrons. The number of halogens is 3. The van der Waals surface area contributed by atoms with Gasteiger partial charge in [-0.05, 0) is 44.7 Å². The Bertz CT molecular complexity index is 1550. The quantitative estimate of drug-likeness (QED) is 0.265. The summed E-state index contributed by atoms with van der Waals surface area (Å²) < 4.78 is 48.0. The number of carboxylic acids is 1. The molecule has 1 saturated carbocycles. The highest BCUT2D eigenvalue weighted by atomic mass is 19.4. The highest BCUT2D eigenvalue weighted by Gasteiger charge is 2.46. The van der Waals surface area contributed by atoms with Crippen molar-refractivity contribution < 1.29 is 37.4 Å². The molecule has 13 heteroatoms. The van der Waals surface area contributed by atoms with Gasteiger partial charge in [0, 0.05) is 36.7 Å². The second kappa shape index (κ2) is 12.4. The van der Waals surface area contributed by atoms with Crippen LogP contribution in [0.5, 0.6) is 0 Å². The van der Waals surface area contributed by atoms with E-state index in [2.05, 4.69) is 21.0 Å². The fraction of sp³-hybridized carbons (Fsp3) is 0.355. The Morgan fingerprint density at radius 2 is 1.61 bits per heavy atom. The maximum atomic E-state index is 13.6. The zero-order valence-corrected chi connectivity index (χ0v) is 23.9. The Kier molecular flexibility index (Phi) is 8.66. The molecular formula is C31H32F3N5O5. The topological polar surface area (TPSA) is 135 Å². The van der Waals surface area contributed by atoms with E-state index in [1.807, 2.05) is 13.0 Å². The Morgan fingerprint density at radius 1 is 1.00 bits per heavy atom. The van der Waals surface area contributed by atoms with Crippen LogP contribution in [0.25, 0.3) is 11.4 Å². The van der Waals surface area contributed by atoms with E-state index in [0.717, 1.165) is 10.9 Å². The molecule has 1 aliphatic carbocycles. The molecule has 0 saturated heterocycles. The van der Waals surface area contributed by atoms with E-state index in [9.17, 15) is 32.7 Å². The van der Waals surface area contributed by atoms with Gasteiger partial charge in [0.15, 0.2) is 22.9 Å². The van der Waals surface area contributed by atoms with Gasteiger partial charge in [-0.3, -0.25) is 9.59 Å². The number of aliphatic carboxylic acids is 1. The lowest BCUT2D eigenvalue weighted by atomic mass is 9.77. The summed E-state index contributed by atoms with van der Waals surface area (Å²) in [4.78, 5) is 37.4. The number of alkyl halides is 3. The van der Waals surface area contributed by atoms with Crippen LogP contribution in [0.15, 0.2) is 72.6 Å². The van der Waals surface area contributed by atoms with Crippen LogP contribution in [-0.2, 0) is 20.5 Å². The van der Waals surface area contributed by atoms with E-state index in [1.165, 1.54) is 0 Å². The number of hydrogen-bond donors (Lipinski definition) is 4. The number of hydrogen-bond acceptors (Lipinski definition) is 6. The Labute approximate surface area is 251 Å². The summed E-state index contributed by atoms with van der Waals surface area (Å²) in [6.45, 7) is 1.77. The summed E-state index contributed by atoms with van der Waals surface area (Å²) in [5.74, 6) is -2.36. The number of rotatable bonds is 9. The molecule has 1 fully saturated rings. The van der Waals surface area contributed by atoms with E-state index < -0.39 is 35.0 Å². The third kappa shape index (κ3) is 6.56. The number of carbonyl (C=O) groups is 3. The van der Waals surface area contributed by atoms with E-state index in [1.54, 1.807) is 54.6 Å². The van der Waals surface area contributed by atoms with Crippen LogP contribution in [0, 0.1) is 11.8 Å². The fourth-order valence-electron chi connectivity index (χ4n) is 5.69. The smallest absolute Gasteiger partial charge is 0.435 e. The van der Waals surface area contributed by atoms with Crippen LogP contribution >= 0.6 is 0 Å². The first kappa shape index (κ1) is 30.6. The van der Waals surface area contributed by atoms with Crippen molar-refractivity contribution >= 4 is 23.5 Å². The number of carboxylic acid groups (broad SMARTS) is 1. The summed E-state index contributed by atoms with van der Waals surface area (Å²) in [5, 5.41) is 21.6. The molecule has 2 amide bonds. The molecule has 0 bridgehead atoms. The first-order valence-corrected chi connectivity index (χ1v) is 14.2. The summed E-state index contributed by atoms with van der Waals surface area (Å²) >= 11 is 0.